The molecule has 3 N–H and O–H groups in total. The molecule has 0 spiro atoms. The number of para-hydroxylation sites is 1. The molecule has 0 aliphatic carbocycles. The van der Waals surface area contributed by atoms with Gasteiger partial charge in [-0.15, -0.1) is 11.3 Å². The largest absolute Gasteiger partial charge is 0.383 e. The minimum atomic E-state index is 0.492. The van der Waals surface area contributed by atoms with E-state index in [-0.39, 0.29) is 0 Å². The van der Waals surface area contributed by atoms with E-state index in [1.165, 1.54) is 11.3 Å². The van der Waals surface area contributed by atoms with Gasteiger partial charge in [-0.3, -0.25) is 5.43 Å². The van der Waals surface area contributed by atoms with Crippen LogP contribution >= 0.6 is 11.3 Å². The molecule has 3 aromatic rings. The van der Waals surface area contributed by atoms with Gasteiger partial charge in [-0.05, 0) is 6.07 Å². The van der Waals surface area contributed by atoms with Crippen molar-refractivity contribution in [2.45, 2.75) is 0 Å². The van der Waals surface area contributed by atoms with Crippen molar-refractivity contribution in [1.82, 2.24) is 14.5 Å². The van der Waals surface area contributed by atoms with Gasteiger partial charge in [0.1, 0.15) is 5.82 Å². The highest BCUT2D eigenvalue weighted by atomic mass is 32.1. The van der Waals surface area contributed by atoms with Crippen LogP contribution in [0, 0.1) is 0 Å². The molecule has 7 heteroatoms. The SMILES string of the molecule is Nc1csc(NN=Cc2ccccc2-n2ccnc2)n1. The third-order valence-corrected chi connectivity index (χ3v) is 3.37. The summed E-state index contributed by atoms with van der Waals surface area (Å²) in [5.74, 6) is 0.492. The average Bonchev–Trinajstić information content (AvgIpc) is 3.11. The number of nitrogens with one attached hydrogen (secondary N) is 1. The number of nitrogens with two attached hydrogens (primary N) is 1. The van der Waals surface area contributed by atoms with Crippen molar-refractivity contribution in [3.63, 3.8) is 0 Å². The van der Waals surface area contributed by atoms with Crippen LogP contribution in [0.3, 0.4) is 0 Å². The van der Waals surface area contributed by atoms with E-state index >= 15 is 0 Å². The van der Waals surface area contributed by atoms with E-state index in [1.807, 2.05) is 35.0 Å². The average molecular weight is 284 g/mol. The van der Waals surface area contributed by atoms with E-state index in [2.05, 4.69) is 20.5 Å². The summed E-state index contributed by atoms with van der Waals surface area (Å²) >= 11 is 1.41. The number of thiazole rings is 1. The number of nitrogen functional groups attached to an aromatic ring is 1. The van der Waals surface area contributed by atoms with Gasteiger partial charge in [0.2, 0.25) is 5.13 Å². The summed E-state index contributed by atoms with van der Waals surface area (Å²) in [6.45, 7) is 0. The normalized spacial score (nSPS) is 11.0. The third-order valence-electron chi connectivity index (χ3n) is 2.61. The maximum absolute atomic E-state index is 5.55. The summed E-state index contributed by atoms with van der Waals surface area (Å²) in [7, 11) is 0. The number of hydrazone groups is 1. The highest BCUT2D eigenvalue weighted by Crippen LogP contribution is 2.16. The molecule has 0 fully saturated rings. The zero-order valence-electron chi connectivity index (χ0n) is 10.5. The van der Waals surface area contributed by atoms with Crippen molar-refractivity contribution in [3.8, 4) is 5.69 Å². The van der Waals surface area contributed by atoms with Crippen molar-refractivity contribution in [1.29, 1.82) is 0 Å². The summed E-state index contributed by atoms with van der Waals surface area (Å²) in [5, 5.41) is 6.61. The Bertz CT molecular complexity index is 716. The zero-order valence-corrected chi connectivity index (χ0v) is 11.3. The fourth-order valence-electron chi connectivity index (χ4n) is 1.73. The number of hydrogen-bond acceptors (Lipinski definition) is 6. The molecule has 2 heterocycles. The summed E-state index contributed by atoms with van der Waals surface area (Å²) < 4.78 is 1.93. The van der Waals surface area contributed by atoms with Crippen LogP contribution in [0.15, 0.2) is 53.5 Å². The van der Waals surface area contributed by atoms with E-state index in [9.17, 15) is 0 Å². The molecular formula is C13H12N6S. The molecule has 0 amide bonds. The van der Waals surface area contributed by atoms with E-state index in [0.717, 1.165) is 11.3 Å². The van der Waals surface area contributed by atoms with Crippen molar-refractivity contribution in [2.75, 3.05) is 11.2 Å². The summed E-state index contributed by atoms with van der Waals surface area (Å²) in [4.78, 5) is 8.12. The quantitative estimate of drug-likeness (QED) is 0.569. The van der Waals surface area contributed by atoms with E-state index < -0.39 is 0 Å². The Balaban J connectivity index is 1.80. The second kappa shape index (κ2) is 5.54. The molecule has 6 nitrogen and oxygen atoms in total. The van der Waals surface area contributed by atoms with Gasteiger partial charge >= 0.3 is 0 Å². The van der Waals surface area contributed by atoms with E-state index in [0.29, 0.717) is 10.9 Å². The number of benzene rings is 1. The van der Waals surface area contributed by atoms with Gasteiger partial charge in [-0.25, -0.2) is 9.97 Å². The Labute approximate surface area is 119 Å². The van der Waals surface area contributed by atoms with Crippen LogP contribution < -0.4 is 11.2 Å². The lowest BCUT2D eigenvalue weighted by molar-refractivity contribution is 1.05. The Hall–Kier alpha value is -2.67. The Kier molecular flexibility index (Phi) is 3.42. The molecule has 0 atom stereocenters. The summed E-state index contributed by atoms with van der Waals surface area (Å²) in [5.41, 5.74) is 10.4. The van der Waals surface area contributed by atoms with Crippen LogP contribution in [-0.4, -0.2) is 20.7 Å². The monoisotopic (exact) mass is 284 g/mol. The molecule has 20 heavy (non-hydrogen) atoms. The van der Waals surface area contributed by atoms with Gasteiger partial charge in [0, 0.05) is 23.3 Å². The predicted octanol–water partition coefficient (Wildman–Crippen LogP) is 2.36. The van der Waals surface area contributed by atoms with Gasteiger partial charge in [0.05, 0.1) is 18.2 Å². The van der Waals surface area contributed by atoms with Crippen molar-refractivity contribution < 1.29 is 0 Å². The molecule has 0 bridgehead atoms. The van der Waals surface area contributed by atoms with Crippen molar-refractivity contribution >= 4 is 28.5 Å². The molecule has 1 aromatic carbocycles. The lowest BCUT2D eigenvalue weighted by atomic mass is 10.2. The van der Waals surface area contributed by atoms with Crippen LogP contribution in [0.2, 0.25) is 0 Å². The van der Waals surface area contributed by atoms with Crippen LogP contribution in [0.1, 0.15) is 5.56 Å². The summed E-state index contributed by atoms with van der Waals surface area (Å²) in [6.07, 6.45) is 7.13. The van der Waals surface area contributed by atoms with Crippen molar-refractivity contribution in [3.05, 3.63) is 53.9 Å². The van der Waals surface area contributed by atoms with Gasteiger partial charge in [-0.1, -0.05) is 18.2 Å². The van der Waals surface area contributed by atoms with E-state index in [4.69, 9.17) is 5.73 Å². The standard InChI is InChI=1S/C13H12N6S/c14-12-8-20-13(17-12)18-16-7-10-3-1-2-4-11(10)19-6-5-15-9-19/h1-9H,14H2,(H,17,18). The molecular weight excluding hydrogens is 272 g/mol. The van der Waals surface area contributed by atoms with Gasteiger partial charge in [-0.2, -0.15) is 5.10 Å². The molecule has 0 aliphatic rings. The Morgan fingerprint density at radius 2 is 2.25 bits per heavy atom. The van der Waals surface area contributed by atoms with Gasteiger partial charge in [0.25, 0.3) is 0 Å². The molecule has 0 saturated heterocycles. The van der Waals surface area contributed by atoms with Gasteiger partial charge in [0.15, 0.2) is 0 Å². The number of rotatable bonds is 4. The molecule has 100 valence electrons. The topological polar surface area (TPSA) is 81.1 Å². The Morgan fingerprint density at radius 1 is 1.35 bits per heavy atom. The second-order valence-electron chi connectivity index (χ2n) is 3.98. The number of nitrogens with zero attached hydrogens (tertiary/aromatic N) is 4. The molecule has 0 radical (unpaired) electrons. The minimum Gasteiger partial charge on any atom is -0.383 e. The van der Waals surface area contributed by atoms with Crippen LogP contribution in [-0.2, 0) is 0 Å². The fraction of sp³-hybridized carbons (Fsp3) is 0. The third kappa shape index (κ3) is 2.67. The van der Waals surface area contributed by atoms with Gasteiger partial charge < -0.3 is 10.3 Å². The first-order chi connectivity index (χ1) is 9.83. The zero-order chi connectivity index (χ0) is 13.8. The highest BCUT2D eigenvalue weighted by Gasteiger charge is 2.01. The highest BCUT2D eigenvalue weighted by molar-refractivity contribution is 7.14. The van der Waals surface area contributed by atoms with Crippen LogP contribution in [0.4, 0.5) is 10.9 Å². The predicted molar refractivity (Wildman–Crippen MR) is 81.3 cm³/mol. The van der Waals surface area contributed by atoms with Crippen molar-refractivity contribution in [2.24, 2.45) is 5.10 Å². The van der Waals surface area contributed by atoms with Crippen LogP contribution in [0.25, 0.3) is 5.69 Å². The first-order valence-electron chi connectivity index (χ1n) is 5.90. The molecule has 0 aliphatic heterocycles. The number of hydrogen-bond donors (Lipinski definition) is 2. The smallest absolute Gasteiger partial charge is 0.205 e. The van der Waals surface area contributed by atoms with E-state index in [1.54, 1.807) is 24.1 Å². The molecule has 0 unspecified atom stereocenters. The number of anilines is 2. The lowest BCUT2D eigenvalue weighted by Gasteiger charge is -2.05. The minimum absolute atomic E-state index is 0.492. The lowest BCUT2D eigenvalue weighted by Crippen LogP contribution is -1.98. The first kappa shape index (κ1) is 12.4. The fourth-order valence-corrected chi connectivity index (χ4v) is 2.28. The number of imidazole rings is 1. The molecule has 2 aromatic heterocycles. The maximum Gasteiger partial charge on any atom is 0.205 e. The molecule has 0 saturated carbocycles. The second-order valence-corrected chi connectivity index (χ2v) is 4.83. The molecule has 3 rings (SSSR count). The summed E-state index contributed by atoms with van der Waals surface area (Å²) in [6, 6.07) is 7.92. The van der Waals surface area contributed by atoms with Crippen LogP contribution in [0.5, 0.6) is 0 Å². The first-order valence-corrected chi connectivity index (χ1v) is 6.78. The maximum atomic E-state index is 5.55. The Morgan fingerprint density at radius 3 is 3.00 bits per heavy atom. The number of aromatic nitrogens is 3.